The summed E-state index contributed by atoms with van der Waals surface area (Å²) >= 11 is 0. The van der Waals surface area contributed by atoms with Gasteiger partial charge in [0.25, 0.3) is 0 Å². The van der Waals surface area contributed by atoms with Gasteiger partial charge in [0.2, 0.25) is 0 Å². The number of rotatable bonds is 0. The highest BCUT2D eigenvalue weighted by molar-refractivity contribution is 6.34. The van der Waals surface area contributed by atoms with E-state index in [9.17, 15) is 0 Å². The van der Waals surface area contributed by atoms with E-state index in [2.05, 4.69) is 54.6 Å². The van der Waals surface area contributed by atoms with E-state index in [0.29, 0.717) is 0 Å². The van der Waals surface area contributed by atoms with Crippen LogP contribution in [0.15, 0.2) is 12.1 Å². The van der Waals surface area contributed by atoms with E-state index in [-0.39, 0.29) is 5.41 Å². The lowest BCUT2D eigenvalue weighted by atomic mass is 9.74. The van der Waals surface area contributed by atoms with Crippen molar-refractivity contribution in [2.75, 3.05) is 0 Å². The zero-order valence-electron chi connectivity index (χ0n) is 9.65. The summed E-state index contributed by atoms with van der Waals surface area (Å²) in [7, 11) is 2.23. The Labute approximate surface area is 82.8 Å². The molecule has 1 heteroatoms. The van der Waals surface area contributed by atoms with Crippen molar-refractivity contribution >= 4 is 13.3 Å². The Kier molecular flexibility index (Phi) is 2.56. The van der Waals surface area contributed by atoms with Crippen molar-refractivity contribution in [3.05, 3.63) is 28.8 Å². The SMILES string of the molecule is Bc1c(C(C)(C)C)ccc(C)c1C. The van der Waals surface area contributed by atoms with Crippen LogP contribution in [0.25, 0.3) is 0 Å². The maximum absolute atomic E-state index is 2.27. The molecule has 1 aromatic rings. The van der Waals surface area contributed by atoms with Crippen LogP contribution in [-0.4, -0.2) is 7.85 Å². The van der Waals surface area contributed by atoms with Crippen LogP contribution in [0.3, 0.4) is 0 Å². The van der Waals surface area contributed by atoms with Gasteiger partial charge < -0.3 is 0 Å². The molecular formula is C12H19B. The largest absolute Gasteiger partial charge is 0.140 e. The van der Waals surface area contributed by atoms with Crippen LogP contribution in [0.2, 0.25) is 0 Å². The predicted molar refractivity (Wildman–Crippen MR) is 62.8 cm³/mol. The van der Waals surface area contributed by atoms with Crippen molar-refractivity contribution in [3.8, 4) is 0 Å². The molecule has 0 spiro atoms. The molecule has 0 aliphatic carbocycles. The molecule has 0 amide bonds. The zero-order chi connectivity index (χ0) is 10.2. The van der Waals surface area contributed by atoms with Gasteiger partial charge in [0.05, 0.1) is 0 Å². The van der Waals surface area contributed by atoms with E-state index in [0.717, 1.165) is 0 Å². The highest BCUT2D eigenvalue weighted by atomic mass is 14.2. The minimum absolute atomic E-state index is 0.266. The third-order valence-electron chi connectivity index (χ3n) is 2.87. The smallest absolute Gasteiger partial charge is 0.0822 e. The molecule has 0 saturated carbocycles. The molecule has 0 atom stereocenters. The highest BCUT2D eigenvalue weighted by Crippen LogP contribution is 2.21. The van der Waals surface area contributed by atoms with Gasteiger partial charge in [-0.05, 0) is 30.4 Å². The lowest BCUT2D eigenvalue weighted by Gasteiger charge is -2.23. The van der Waals surface area contributed by atoms with Crippen LogP contribution in [0, 0.1) is 13.8 Å². The minimum Gasteiger partial charge on any atom is -0.0822 e. The Morgan fingerprint density at radius 1 is 1.08 bits per heavy atom. The topological polar surface area (TPSA) is 0 Å². The summed E-state index contributed by atoms with van der Waals surface area (Å²) in [5.74, 6) is 0. The third kappa shape index (κ3) is 1.96. The number of aryl methyl sites for hydroxylation is 1. The lowest BCUT2D eigenvalue weighted by Crippen LogP contribution is -2.25. The Bertz CT molecular complexity index is 319. The molecule has 1 aromatic carbocycles. The van der Waals surface area contributed by atoms with Crippen LogP contribution < -0.4 is 5.46 Å². The summed E-state index contributed by atoms with van der Waals surface area (Å²) in [5.41, 5.74) is 6.02. The second kappa shape index (κ2) is 3.21. The average molecular weight is 174 g/mol. The third-order valence-corrected chi connectivity index (χ3v) is 2.87. The fraction of sp³-hybridized carbons (Fsp3) is 0.500. The van der Waals surface area contributed by atoms with E-state index in [1.54, 1.807) is 0 Å². The summed E-state index contributed by atoms with van der Waals surface area (Å²) in [6, 6.07) is 4.49. The van der Waals surface area contributed by atoms with Gasteiger partial charge in [-0.3, -0.25) is 0 Å². The molecule has 0 saturated heterocycles. The minimum atomic E-state index is 0.266. The van der Waals surface area contributed by atoms with Gasteiger partial charge in [0.1, 0.15) is 7.85 Å². The van der Waals surface area contributed by atoms with E-state index in [1.165, 1.54) is 22.2 Å². The molecule has 0 aliphatic rings. The Morgan fingerprint density at radius 3 is 2.08 bits per heavy atom. The second-order valence-electron chi connectivity index (χ2n) is 4.93. The molecule has 0 nitrogen and oxygen atoms in total. The standard InChI is InChI=1S/C12H19B/c1-8-6-7-10(12(3,4)5)11(13)9(8)2/h6-7H,13H2,1-5H3. The monoisotopic (exact) mass is 174 g/mol. The molecule has 1 rings (SSSR count). The van der Waals surface area contributed by atoms with Crippen molar-refractivity contribution in [2.24, 2.45) is 0 Å². The van der Waals surface area contributed by atoms with Gasteiger partial charge in [-0.2, -0.15) is 0 Å². The fourth-order valence-electron chi connectivity index (χ4n) is 1.77. The van der Waals surface area contributed by atoms with Crippen LogP contribution in [0.5, 0.6) is 0 Å². The summed E-state index contributed by atoms with van der Waals surface area (Å²) in [4.78, 5) is 0. The summed E-state index contributed by atoms with van der Waals surface area (Å²) < 4.78 is 0. The first kappa shape index (κ1) is 10.4. The normalized spacial score (nSPS) is 11.8. The number of benzene rings is 1. The van der Waals surface area contributed by atoms with Crippen LogP contribution in [0.1, 0.15) is 37.5 Å². The second-order valence-corrected chi connectivity index (χ2v) is 4.93. The molecule has 0 unspecified atom stereocenters. The van der Waals surface area contributed by atoms with Crippen molar-refractivity contribution in [3.63, 3.8) is 0 Å². The first-order chi connectivity index (χ1) is 5.84. The number of hydrogen-bond acceptors (Lipinski definition) is 0. The molecule has 0 aromatic heterocycles. The molecule has 0 N–H and O–H groups in total. The van der Waals surface area contributed by atoms with E-state index >= 15 is 0 Å². The Morgan fingerprint density at radius 2 is 1.62 bits per heavy atom. The maximum Gasteiger partial charge on any atom is 0.140 e. The molecule has 13 heavy (non-hydrogen) atoms. The van der Waals surface area contributed by atoms with Gasteiger partial charge in [-0.25, -0.2) is 0 Å². The summed E-state index contributed by atoms with van der Waals surface area (Å²) in [6.45, 7) is 11.2. The first-order valence-electron chi connectivity index (χ1n) is 4.91. The molecular weight excluding hydrogens is 155 g/mol. The Hall–Kier alpha value is -0.715. The summed E-state index contributed by atoms with van der Waals surface area (Å²) in [5, 5.41) is 0. The molecule has 70 valence electrons. The van der Waals surface area contributed by atoms with Crippen molar-refractivity contribution < 1.29 is 0 Å². The molecule has 0 fully saturated rings. The van der Waals surface area contributed by atoms with Crippen LogP contribution >= 0.6 is 0 Å². The van der Waals surface area contributed by atoms with Gasteiger partial charge in [0, 0.05) is 0 Å². The van der Waals surface area contributed by atoms with Gasteiger partial charge in [0.15, 0.2) is 0 Å². The van der Waals surface area contributed by atoms with Crippen molar-refractivity contribution in [2.45, 2.75) is 40.0 Å². The van der Waals surface area contributed by atoms with Crippen LogP contribution in [-0.2, 0) is 5.41 Å². The van der Waals surface area contributed by atoms with E-state index < -0.39 is 0 Å². The fourth-order valence-corrected chi connectivity index (χ4v) is 1.77. The molecule has 0 radical (unpaired) electrons. The predicted octanol–water partition coefficient (Wildman–Crippen LogP) is 1.86. The molecule has 0 bridgehead atoms. The van der Waals surface area contributed by atoms with Crippen LogP contribution in [0.4, 0.5) is 0 Å². The first-order valence-corrected chi connectivity index (χ1v) is 4.91. The van der Waals surface area contributed by atoms with Crippen molar-refractivity contribution in [1.29, 1.82) is 0 Å². The van der Waals surface area contributed by atoms with Gasteiger partial charge in [-0.1, -0.05) is 43.9 Å². The molecule has 0 aliphatic heterocycles. The van der Waals surface area contributed by atoms with Gasteiger partial charge in [-0.15, -0.1) is 0 Å². The lowest BCUT2D eigenvalue weighted by molar-refractivity contribution is 0.593. The quantitative estimate of drug-likeness (QED) is 0.526. The zero-order valence-corrected chi connectivity index (χ0v) is 9.65. The Balaban J connectivity index is 3.35. The van der Waals surface area contributed by atoms with Gasteiger partial charge >= 0.3 is 0 Å². The van der Waals surface area contributed by atoms with E-state index in [4.69, 9.17) is 0 Å². The molecule has 0 heterocycles. The maximum atomic E-state index is 2.27. The number of hydrogen-bond donors (Lipinski definition) is 0. The average Bonchev–Trinajstić information content (AvgIpc) is 1.98. The summed E-state index contributed by atoms with van der Waals surface area (Å²) in [6.07, 6.45) is 0. The van der Waals surface area contributed by atoms with E-state index in [1.807, 2.05) is 0 Å². The van der Waals surface area contributed by atoms with Crippen molar-refractivity contribution in [1.82, 2.24) is 0 Å². The highest BCUT2D eigenvalue weighted by Gasteiger charge is 2.16.